The highest BCUT2D eigenvalue weighted by molar-refractivity contribution is 6.05. The first kappa shape index (κ1) is 19.2. The summed E-state index contributed by atoms with van der Waals surface area (Å²) in [6, 6.07) is 33.2. The van der Waals surface area contributed by atoms with Crippen LogP contribution in [0.15, 0.2) is 156 Å². The quantitative estimate of drug-likeness (QED) is 0.207. The van der Waals surface area contributed by atoms with E-state index in [9.17, 15) is 1.37 Å². The van der Waals surface area contributed by atoms with Gasteiger partial charge in [-0.05, 0) is 62.9 Å². The van der Waals surface area contributed by atoms with Crippen molar-refractivity contribution in [2.75, 3.05) is 0 Å². The molecule has 4 nitrogen and oxygen atoms in total. The van der Waals surface area contributed by atoms with E-state index < -0.39 is 24.2 Å². The van der Waals surface area contributed by atoms with Crippen LogP contribution in [0, 0.1) is 0 Å². The van der Waals surface area contributed by atoms with Crippen LogP contribution in [0.3, 0.4) is 0 Å². The molecule has 0 aliphatic carbocycles. The number of para-hydroxylation sites is 1. The Labute approximate surface area is 269 Å². The molecule has 0 saturated carbocycles. The Kier molecular flexibility index (Phi) is 4.38. The standard InChI is InChI=1S/C41H25N3O/c1-3-9-30-23-32(19-15-26(30)7-1)28-13-17-29(18-14-28)39-42-40(33-20-16-27-8-2-4-10-31(27)24-33)44-41(43-39)34-21-22-36-35-11-5-6-12-37(35)45-38(36)25-34/h1-25H/i5D,6D,11D,12D,21D,22D,25D. The number of rotatable bonds is 4. The van der Waals surface area contributed by atoms with E-state index in [-0.39, 0.29) is 51.5 Å². The normalized spacial score (nSPS) is 13.7. The summed E-state index contributed by atoms with van der Waals surface area (Å²) < 4.78 is 66.4. The fourth-order valence-electron chi connectivity index (χ4n) is 5.66. The highest BCUT2D eigenvalue weighted by Gasteiger charge is 2.15. The van der Waals surface area contributed by atoms with Crippen molar-refractivity contribution in [2.24, 2.45) is 0 Å². The Morgan fingerprint density at radius 3 is 1.69 bits per heavy atom. The number of hydrogen-bond acceptors (Lipinski definition) is 4. The maximum absolute atomic E-state index is 9.22. The number of aromatic nitrogens is 3. The fourth-order valence-corrected chi connectivity index (χ4v) is 5.66. The molecule has 0 radical (unpaired) electrons. The Morgan fingerprint density at radius 2 is 0.956 bits per heavy atom. The van der Waals surface area contributed by atoms with E-state index in [1.165, 1.54) is 0 Å². The van der Waals surface area contributed by atoms with Crippen molar-refractivity contribution >= 4 is 43.5 Å². The van der Waals surface area contributed by atoms with Crippen LogP contribution in [0.1, 0.15) is 9.60 Å². The summed E-state index contributed by atoms with van der Waals surface area (Å²) in [5.74, 6) is 0.587. The van der Waals surface area contributed by atoms with Gasteiger partial charge < -0.3 is 4.42 Å². The maximum atomic E-state index is 9.22. The van der Waals surface area contributed by atoms with Crippen LogP contribution < -0.4 is 0 Å². The first-order valence-corrected chi connectivity index (χ1v) is 14.5. The monoisotopic (exact) mass is 582 g/mol. The lowest BCUT2D eigenvalue weighted by atomic mass is 10.00. The topological polar surface area (TPSA) is 51.8 Å². The second-order valence-electron chi connectivity index (χ2n) is 10.8. The van der Waals surface area contributed by atoms with E-state index in [0.717, 1.165) is 32.7 Å². The summed E-state index contributed by atoms with van der Waals surface area (Å²) >= 11 is 0. The molecule has 0 N–H and O–H groups in total. The van der Waals surface area contributed by atoms with Gasteiger partial charge >= 0.3 is 0 Å². The van der Waals surface area contributed by atoms with E-state index in [4.69, 9.17) is 27.6 Å². The largest absolute Gasteiger partial charge is 0.456 e. The van der Waals surface area contributed by atoms with E-state index in [1.54, 1.807) is 0 Å². The van der Waals surface area contributed by atoms with Gasteiger partial charge in [-0.1, -0.05) is 121 Å². The molecule has 0 aliphatic rings. The number of benzene rings is 7. The lowest BCUT2D eigenvalue weighted by molar-refractivity contribution is 0.669. The first-order valence-electron chi connectivity index (χ1n) is 18.0. The van der Waals surface area contributed by atoms with Gasteiger partial charge in [-0.3, -0.25) is 0 Å². The average Bonchev–Trinajstić information content (AvgIpc) is 3.60. The van der Waals surface area contributed by atoms with Crippen molar-refractivity contribution in [1.29, 1.82) is 0 Å². The first-order chi connectivity index (χ1) is 25.2. The molecule has 0 atom stereocenters. The third kappa shape index (κ3) is 4.52. The van der Waals surface area contributed by atoms with Crippen LogP contribution in [-0.4, -0.2) is 15.0 Å². The van der Waals surface area contributed by atoms with Crippen molar-refractivity contribution < 1.29 is 14.0 Å². The lowest BCUT2D eigenvalue weighted by Gasteiger charge is -2.10. The predicted octanol–water partition coefficient (Wildman–Crippen LogP) is 10.7. The van der Waals surface area contributed by atoms with Gasteiger partial charge in [0.25, 0.3) is 0 Å². The molecule has 0 amide bonds. The van der Waals surface area contributed by atoms with Crippen molar-refractivity contribution in [3.05, 3.63) is 151 Å². The predicted molar refractivity (Wildman–Crippen MR) is 184 cm³/mol. The zero-order valence-corrected chi connectivity index (χ0v) is 23.6. The maximum Gasteiger partial charge on any atom is 0.164 e. The van der Waals surface area contributed by atoms with Gasteiger partial charge in [-0.2, -0.15) is 0 Å². The summed E-state index contributed by atoms with van der Waals surface area (Å²) in [6.07, 6.45) is 0. The van der Waals surface area contributed by atoms with Gasteiger partial charge in [-0.25, -0.2) is 15.0 Å². The van der Waals surface area contributed by atoms with Crippen LogP contribution >= 0.6 is 0 Å². The summed E-state index contributed by atoms with van der Waals surface area (Å²) in [5.41, 5.74) is 3.02. The summed E-state index contributed by atoms with van der Waals surface area (Å²) in [4.78, 5) is 14.4. The molecular formula is C41H25N3O. The lowest BCUT2D eigenvalue weighted by Crippen LogP contribution is -2.00. The molecule has 210 valence electrons. The van der Waals surface area contributed by atoms with Gasteiger partial charge in [0, 0.05) is 27.5 Å². The van der Waals surface area contributed by atoms with E-state index in [0.29, 0.717) is 22.8 Å². The van der Waals surface area contributed by atoms with Gasteiger partial charge in [0.05, 0.1) is 9.60 Å². The van der Waals surface area contributed by atoms with E-state index in [1.807, 2.05) is 78.9 Å². The van der Waals surface area contributed by atoms with E-state index >= 15 is 0 Å². The number of nitrogens with zero attached hydrogens (tertiary/aromatic N) is 3. The SMILES string of the molecule is [2H]c1c([2H])c([2H])c2c(oc3c([2H])c(-c4nc(-c5ccc(-c6ccc7ccccc7c6)cc5)nc(-c5ccc6ccccc6c5)n4)c([2H])c([2H])c32)c1[2H]. The number of fused-ring (bicyclic) bond motifs is 5. The van der Waals surface area contributed by atoms with Crippen molar-refractivity contribution in [2.45, 2.75) is 0 Å². The second kappa shape index (κ2) is 10.2. The van der Waals surface area contributed by atoms with Gasteiger partial charge in [0.1, 0.15) is 11.2 Å². The zero-order chi connectivity index (χ0) is 35.8. The molecule has 0 aliphatic heterocycles. The summed E-state index contributed by atoms with van der Waals surface area (Å²) in [7, 11) is 0. The van der Waals surface area contributed by atoms with Crippen LogP contribution in [0.5, 0.6) is 0 Å². The molecule has 0 unspecified atom stereocenters. The summed E-state index contributed by atoms with van der Waals surface area (Å²) in [5, 5.41) is 4.23. The van der Waals surface area contributed by atoms with E-state index in [2.05, 4.69) is 30.3 Å². The minimum atomic E-state index is -0.491. The molecule has 45 heavy (non-hydrogen) atoms. The van der Waals surface area contributed by atoms with Crippen LogP contribution in [-0.2, 0) is 0 Å². The van der Waals surface area contributed by atoms with Crippen molar-refractivity contribution in [1.82, 2.24) is 15.0 Å². The third-order valence-electron chi connectivity index (χ3n) is 7.98. The molecule has 2 aromatic heterocycles. The van der Waals surface area contributed by atoms with Crippen molar-refractivity contribution in [3.8, 4) is 45.3 Å². The van der Waals surface area contributed by atoms with Gasteiger partial charge in [-0.15, -0.1) is 0 Å². The van der Waals surface area contributed by atoms with Gasteiger partial charge in [0.15, 0.2) is 17.5 Å². The van der Waals surface area contributed by atoms with Gasteiger partial charge in [0.2, 0.25) is 0 Å². The Balaban J connectivity index is 1.25. The molecule has 0 saturated heterocycles. The van der Waals surface area contributed by atoms with Crippen LogP contribution in [0.25, 0.3) is 88.8 Å². The Hall–Kier alpha value is -6.13. The molecule has 7 aromatic carbocycles. The molecule has 0 fully saturated rings. The second-order valence-corrected chi connectivity index (χ2v) is 10.8. The fraction of sp³-hybridized carbons (Fsp3) is 0. The number of furan rings is 1. The van der Waals surface area contributed by atoms with Crippen molar-refractivity contribution in [3.63, 3.8) is 0 Å². The Morgan fingerprint density at radius 1 is 0.422 bits per heavy atom. The molecule has 0 spiro atoms. The zero-order valence-electron chi connectivity index (χ0n) is 30.6. The number of hydrogen-bond donors (Lipinski definition) is 0. The molecule has 0 bridgehead atoms. The molecule has 9 rings (SSSR count). The molecular weight excluding hydrogens is 550 g/mol. The van der Waals surface area contributed by atoms with Crippen LogP contribution in [0.4, 0.5) is 0 Å². The Bertz CT molecular complexity index is 2940. The minimum absolute atomic E-state index is 0.0165. The highest BCUT2D eigenvalue weighted by atomic mass is 16.3. The minimum Gasteiger partial charge on any atom is -0.456 e. The molecule has 4 heteroatoms. The summed E-state index contributed by atoms with van der Waals surface area (Å²) in [6.45, 7) is 0. The van der Waals surface area contributed by atoms with Crippen LogP contribution in [0.2, 0.25) is 0 Å². The average molecular weight is 583 g/mol. The smallest absolute Gasteiger partial charge is 0.164 e. The molecule has 2 heterocycles. The molecule has 9 aromatic rings. The highest BCUT2D eigenvalue weighted by Crippen LogP contribution is 2.33. The third-order valence-corrected chi connectivity index (χ3v) is 7.98.